The third-order valence-electron chi connectivity index (χ3n) is 1.45. The average molecular weight is 206 g/mol. The van der Waals surface area contributed by atoms with E-state index in [1.165, 1.54) is 4.68 Å². The lowest BCUT2D eigenvalue weighted by Gasteiger charge is -2.03. The van der Waals surface area contributed by atoms with Gasteiger partial charge in [0.25, 0.3) is 0 Å². The van der Waals surface area contributed by atoms with Crippen molar-refractivity contribution >= 4 is 7.82 Å². The topological polar surface area (TPSA) is 84.6 Å². The number of rotatable bonds is 4. The molecular formula is C6H11N2O4P. The summed E-state index contributed by atoms with van der Waals surface area (Å²) in [5, 5.41) is 3.84. The SMILES string of the molecule is CCc1cnn(COP(=O)(O)O)c1. The maximum absolute atomic E-state index is 10.3. The third-order valence-corrected chi connectivity index (χ3v) is 1.90. The first-order valence-electron chi connectivity index (χ1n) is 3.72. The van der Waals surface area contributed by atoms with Crippen LogP contribution >= 0.6 is 7.82 Å². The summed E-state index contributed by atoms with van der Waals surface area (Å²) in [4.78, 5) is 16.8. The van der Waals surface area contributed by atoms with E-state index in [1.54, 1.807) is 12.4 Å². The van der Waals surface area contributed by atoms with E-state index in [-0.39, 0.29) is 6.73 Å². The molecule has 0 aliphatic rings. The predicted octanol–water partition coefficient (Wildman–Crippen LogP) is 0.512. The van der Waals surface area contributed by atoms with E-state index in [4.69, 9.17) is 9.79 Å². The number of phosphoric ester groups is 1. The molecule has 0 bridgehead atoms. The molecule has 0 aromatic carbocycles. The van der Waals surface area contributed by atoms with E-state index in [0.29, 0.717) is 0 Å². The highest BCUT2D eigenvalue weighted by atomic mass is 31.2. The van der Waals surface area contributed by atoms with Crippen LogP contribution < -0.4 is 0 Å². The zero-order valence-electron chi connectivity index (χ0n) is 7.12. The minimum atomic E-state index is -4.39. The average Bonchev–Trinajstić information content (AvgIpc) is 2.47. The van der Waals surface area contributed by atoms with E-state index >= 15 is 0 Å². The summed E-state index contributed by atoms with van der Waals surface area (Å²) in [5.41, 5.74) is 0.995. The van der Waals surface area contributed by atoms with Crippen LogP contribution in [-0.2, 0) is 22.2 Å². The monoisotopic (exact) mass is 206 g/mol. The summed E-state index contributed by atoms with van der Waals surface area (Å²) < 4.78 is 15.9. The lowest BCUT2D eigenvalue weighted by molar-refractivity contribution is 0.145. The molecule has 2 N–H and O–H groups in total. The van der Waals surface area contributed by atoms with Crippen LogP contribution in [0.25, 0.3) is 0 Å². The second kappa shape index (κ2) is 4.02. The summed E-state index contributed by atoms with van der Waals surface area (Å²) in [6.07, 6.45) is 4.13. The molecule has 1 aromatic heterocycles. The van der Waals surface area contributed by atoms with E-state index in [0.717, 1.165) is 12.0 Å². The summed E-state index contributed by atoms with van der Waals surface area (Å²) in [6, 6.07) is 0. The highest BCUT2D eigenvalue weighted by Crippen LogP contribution is 2.35. The van der Waals surface area contributed by atoms with Crippen molar-refractivity contribution in [2.45, 2.75) is 20.1 Å². The van der Waals surface area contributed by atoms with Gasteiger partial charge in [0.05, 0.1) is 6.20 Å². The lowest BCUT2D eigenvalue weighted by Crippen LogP contribution is -2.01. The van der Waals surface area contributed by atoms with Crippen LogP contribution in [0.15, 0.2) is 12.4 Å². The normalized spacial score (nSPS) is 11.9. The number of aromatic nitrogens is 2. The van der Waals surface area contributed by atoms with Crippen molar-refractivity contribution in [1.82, 2.24) is 9.78 Å². The van der Waals surface area contributed by atoms with E-state index < -0.39 is 7.82 Å². The zero-order valence-corrected chi connectivity index (χ0v) is 8.02. The Morgan fingerprint density at radius 2 is 2.38 bits per heavy atom. The fourth-order valence-electron chi connectivity index (χ4n) is 0.794. The summed E-state index contributed by atoms with van der Waals surface area (Å²) in [6.45, 7) is 1.73. The van der Waals surface area contributed by atoms with Crippen molar-refractivity contribution in [2.75, 3.05) is 0 Å². The molecular weight excluding hydrogens is 195 g/mol. The van der Waals surface area contributed by atoms with Crippen LogP contribution in [0.3, 0.4) is 0 Å². The molecule has 1 aromatic rings. The van der Waals surface area contributed by atoms with Crippen molar-refractivity contribution < 1.29 is 18.9 Å². The largest absolute Gasteiger partial charge is 0.471 e. The first kappa shape index (κ1) is 10.4. The molecule has 0 atom stereocenters. The molecule has 0 aliphatic carbocycles. The third kappa shape index (κ3) is 3.69. The zero-order chi connectivity index (χ0) is 9.90. The molecule has 1 heterocycles. The highest BCUT2D eigenvalue weighted by molar-refractivity contribution is 7.46. The number of nitrogens with zero attached hydrogens (tertiary/aromatic N) is 2. The Bertz CT molecular complexity index is 318. The second-order valence-electron chi connectivity index (χ2n) is 2.49. The van der Waals surface area contributed by atoms with Crippen molar-refractivity contribution in [3.8, 4) is 0 Å². The van der Waals surface area contributed by atoms with Gasteiger partial charge in [0.1, 0.15) is 0 Å². The van der Waals surface area contributed by atoms with Crippen LogP contribution in [-0.4, -0.2) is 19.6 Å². The van der Waals surface area contributed by atoms with Crippen molar-refractivity contribution in [1.29, 1.82) is 0 Å². The molecule has 0 radical (unpaired) electrons. The van der Waals surface area contributed by atoms with Gasteiger partial charge in [0.2, 0.25) is 0 Å². The molecule has 0 saturated heterocycles. The van der Waals surface area contributed by atoms with Crippen LogP contribution in [0.1, 0.15) is 12.5 Å². The van der Waals surface area contributed by atoms with E-state index in [9.17, 15) is 4.57 Å². The van der Waals surface area contributed by atoms with Gasteiger partial charge in [0, 0.05) is 6.20 Å². The molecule has 7 heteroatoms. The van der Waals surface area contributed by atoms with Gasteiger partial charge in [-0.3, -0.25) is 4.52 Å². The summed E-state index contributed by atoms with van der Waals surface area (Å²) in [7, 11) is -4.39. The Morgan fingerprint density at radius 1 is 1.69 bits per heavy atom. The van der Waals surface area contributed by atoms with Crippen molar-refractivity contribution in [2.24, 2.45) is 0 Å². The van der Waals surface area contributed by atoms with Gasteiger partial charge in [-0.05, 0) is 12.0 Å². The number of hydrogen-bond donors (Lipinski definition) is 2. The van der Waals surface area contributed by atoms with Gasteiger partial charge < -0.3 is 9.79 Å². The van der Waals surface area contributed by atoms with Gasteiger partial charge in [-0.25, -0.2) is 9.25 Å². The summed E-state index contributed by atoms with van der Waals surface area (Å²) >= 11 is 0. The first-order chi connectivity index (χ1) is 6.01. The minimum Gasteiger partial charge on any atom is -0.303 e. The number of phosphoric acid groups is 1. The fourth-order valence-corrected chi connectivity index (χ4v) is 1.06. The van der Waals surface area contributed by atoms with Crippen molar-refractivity contribution in [3.63, 3.8) is 0 Å². The fraction of sp³-hybridized carbons (Fsp3) is 0.500. The molecule has 1 rings (SSSR count). The van der Waals surface area contributed by atoms with E-state index in [2.05, 4.69) is 9.62 Å². The van der Waals surface area contributed by atoms with Gasteiger partial charge in [0.15, 0.2) is 6.73 Å². The van der Waals surface area contributed by atoms with E-state index in [1.807, 2.05) is 6.92 Å². The Balaban J connectivity index is 2.50. The maximum Gasteiger partial charge on any atom is 0.471 e. The Labute approximate surface area is 75.4 Å². The molecule has 74 valence electrons. The summed E-state index contributed by atoms with van der Waals surface area (Å²) in [5.74, 6) is 0. The molecule has 0 fully saturated rings. The molecule has 0 spiro atoms. The highest BCUT2D eigenvalue weighted by Gasteiger charge is 2.13. The Kier molecular flexibility index (Phi) is 3.22. The maximum atomic E-state index is 10.3. The smallest absolute Gasteiger partial charge is 0.303 e. The predicted molar refractivity (Wildman–Crippen MR) is 44.7 cm³/mol. The quantitative estimate of drug-likeness (QED) is 0.701. The standard InChI is InChI=1S/C6H11N2O4P/c1-2-6-3-7-8(4-6)5-12-13(9,10)11/h3-4H,2,5H2,1H3,(H2,9,10,11). The molecule has 0 amide bonds. The van der Waals surface area contributed by atoms with Crippen molar-refractivity contribution in [3.05, 3.63) is 18.0 Å². The minimum absolute atomic E-state index is 0.232. The number of hydrogen-bond acceptors (Lipinski definition) is 3. The lowest BCUT2D eigenvalue weighted by atomic mass is 10.3. The van der Waals surface area contributed by atoms with Gasteiger partial charge >= 0.3 is 7.82 Å². The van der Waals surface area contributed by atoms with Gasteiger partial charge in [-0.15, -0.1) is 0 Å². The van der Waals surface area contributed by atoms with Crippen LogP contribution in [0.4, 0.5) is 0 Å². The molecule has 0 unspecified atom stereocenters. The second-order valence-corrected chi connectivity index (χ2v) is 3.73. The van der Waals surface area contributed by atoms with Crippen LogP contribution in [0.5, 0.6) is 0 Å². The van der Waals surface area contributed by atoms with Gasteiger partial charge in [-0.1, -0.05) is 6.92 Å². The number of aryl methyl sites for hydroxylation is 1. The molecule has 0 aliphatic heterocycles. The first-order valence-corrected chi connectivity index (χ1v) is 5.25. The molecule has 6 nitrogen and oxygen atoms in total. The molecule has 13 heavy (non-hydrogen) atoms. The van der Waals surface area contributed by atoms with Gasteiger partial charge in [-0.2, -0.15) is 5.10 Å². The molecule has 0 saturated carbocycles. The Morgan fingerprint density at radius 3 is 2.85 bits per heavy atom. The Hall–Kier alpha value is -0.680. The van der Waals surface area contributed by atoms with Crippen LogP contribution in [0, 0.1) is 0 Å². The van der Waals surface area contributed by atoms with Crippen LogP contribution in [0.2, 0.25) is 0 Å².